The van der Waals surface area contributed by atoms with Gasteiger partial charge in [-0.3, -0.25) is 9.88 Å². The average Bonchev–Trinajstić information content (AvgIpc) is 3.46. The lowest BCUT2D eigenvalue weighted by atomic mass is 9.43. The number of para-hydroxylation sites is 1. The van der Waals surface area contributed by atoms with E-state index in [1.165, 1.54) is 32.1 Å². The molecule has 4 aliphatic carbocycles. The average molecular weight is 641 g/mol. The van der Waals surface area contributed by atoms with Crippen molar-refractivity contribution in [1.82, 2.24) is 9.88 Å². The fraction of sp³-hybridized carbons (Fsp3) is 0.738. The molecule has 0 spiro atoms. The number of hydrogen-bond donors (Lipinski definition) is 3. The molecule has 47 heavy (non-hydrogen) atoms. The summed E-state index contributed by atoms with van der Waals surface area (Å²) in [4.78, 5) is 7.66. The molecule has 7 fully saturated rings. The molecule has 2 aromatic rings. The van der Waals surface area contributed by atoms with Crippen LogP contribution in [0.4, 0.5) is 0 Å². The first-order valence-corrected chi connectivity index (χ1v) is 19.4. The number of rotatable bonds is 7. The molecule has 3 aliphatic heterocycles. The largest absolute Gasteiger partial charge is 0.393 e. The monoisotopic (exact) mass is 640 g/mol. The molecule has 4 saturated carbocycles. The Bertz CT molecular complexity index is 1480. The van der Waals surface area contributed by atoms with Gasteiger partial charge in [-0.15, -0.1) is 6.58 Å². The first-order valence-electron chi connectivity index (χ1n) is 19.4. The van der Waals surface area contributed by atoms with E-state index in [4.69, 9.17) is 4.98 Å². The third-order valence-corrected chi connectivity index (χ3v) is 16.0. The summed E-state index contributed by atoms with van der Waals surface area (Å²) >= 11 is 0. The highest BCUT2D eigenvalue weighted by molar-refractivity contribution is 5.82. The molecule has 256 valence electrons. The Hall–Kier alpha value is -1.79. The van der Waals surface area contributed by atoms with E-state index < -0.39 is 6.10 Å². The lowest BCUT2D eigenvalue weighted by Gasteiger charge is -2.62. The highest BCUT2D eigenvalue weighted by Crippen LogP contribution is 2.68. The van der Waals surface area contributed by atoms with Crippen molar-refractivity contribution in [2.24, 2.45) is 58.2 Å². The molecule has 1 aromatic heterocycles. The lowest BCUT2D eigenvalue weighted by Crippen LogP contribution is -2.58. The summed E-state index contributed by atoms with van der Waals surface area (Å²) in [5.41, 5.74) is 3.40. The van der Waals surface area contributed by atoms with Gasteiger partial charge in [-0.25, -0.2) is 0 Å². The van der Waals surface area contributed by atoms with Gasteiger partial charge in [0.15, 0.2) is 0 Å². The number of pyridine rings is 1. The fourth-order valence-corrected chi connectivity index (χ4v) is 13.3. The van der Waals surface area contributed by atoms with Gasteiger partial charge in [-0.05, 0) is 159 Å². The topological polar surface area (TPSA) is 76.8 Å². The zero-order chi connectivity index (χ0) is 32.7. The van der Waals surface area contributed by atoms with Crippen molar-refractivity contribution in [3.8, 4) is 0 Å². The molecule has 1 unspecified atom stereocenters. The SMILES string of the molecule is C=C[C@H]1CN2CC[C@H]1C[C@H]2[C@H](O)c1cc(CC[C@@H](C)[C@H]2CC[C@H]3[C@@H]4CC[C@@H]5C[C@H](O)CC[C@]5(C)[C@H]4C[C@H](O)[C@]23C)nc2ccccc12. The van der Waals surface area contributed by atoms with Gasteiger partial charge in [-0.1, -0.05) is 45.0 Å². The van der Waals surface area contributed by atoms with Crippen LogP contribution in [-0.4, -0.2) is 56.5 Å². The molecular weight excluding hydrogens is 580 g/mol. The fourth-order valence-electron chi connectivity index (χ4n) is 13.3. The van der Waals surface area contributed by atoms with Gasteiger partial charge in [-0.2, -0.15) is 0 Å². The zero-order valence-corrected chi connectivity index (χ0v) is 29.2. The van der Waals surface area contributed by atoms with Crippen molar-refractivity contribution >= 4 is 10.9 Å². The number of nitrogens with zero attached hydrogens (tertiary/aromatic N) is 2. The second-order valence-electron chi connectivity index (χ2n) is 17.8. The van der Waals surface area contributed by atoms with Crippen LogP contribution in [0.25, 0.3) is 10.9 Å². The number of piperidine rings is 3. The summed E-state index contributed by atoms with van der Waals surface area (Å²) < 4.78 is 0. The molecule has 7 aliphatic rings. The lowest BCUT2D eigenvalue weighted by molar-refractivity contribution is -0.174. The van der Waals surface area contributed by atoms with Gasteiger partial charge in [0, 0.05) is 23.7 Å². The van der Waals surface area contributed by atoms with Gasteiger partial charge in [0.25, 0.3) is 0 Å². The first-order chi connectivity index (χ1) is 22.6. The Balaban J connectivity index is 0.993. The van der Waals surface area contributed by atoms with Crippen LogP contribution in [0, 0.1) is 58.2 Å². The minimum absolute atomic E-state index is 0.0197. The first kappa shape index (κ1) is 32.4. The van der Waals surface area contributed by atoms with E-state index in [0.29, 0.717) is 41.4 Å². The van der Waals surface area contributed by atoms with Gasteiger partial charge >= 0.3 is 0 Å². The van der Waals surface area contributed by atoms with Gasteiger partial charge < -0.3 is 15.3 Å². The summed E-state index contributed by atoms with van der Waals surface area (Å²) in [6.07, 6.45) is 14.5. The molecule has 5 nitrogen and oxygen atoms in total. The molecule has 15 atom stereocenters. The quantitative estimate of drug-likeness (QED) is 0.270. The molecule has 3 saturated heterocycles. The minimum atomic E-state index is -0.517. The van der Waals surface area contributed by atoms with Crippen molar-refractivity contribution in [3.05, 3.63) is 54.2 Å². The van der Waals surface area contributed by atoms with Gasteiger partial charge in [0.1, 0.15) is 0 Å². The normalized spacial score (nSPS) is 45.5. The van der Waals surface area contributed by atoms with Crippen LogP contribution in [0.5, 0.6) is 0 Å². The highest BCUT2D eigenvalue weighted by Gasteiger charge is 2.63. The molecule has 1 aromatic carbocycles. The zero-order valence-electron chi connectivity index (χ0n) is 29.2. The van der Waals surface area contributed by atoms with Crippen LogP contribution < -0.4 is 0 Å². The maximum Gasteiger partial charge on any atom is 0.0952 e. The standard InChI is InChI=1S/C42H60N2O3/c1-5-26-24-44-19-17-27(26)20-38(44)40(47)33-22-29(43-37-9-7-6-8-31(33)37)12-10-25(2)34-14-15-35-32-13-11-28-21-30(45)16-18-41(28,3)36(32)23-39(46)42(34,35)4/h5-9,22,25-28,30,32,34-36,38-40,45-47H,1,10-21,23-24H2,2-4H3/t25-,26+,27+,28-,30-,32+,34-,35+,36+,38+,39+,40-,41+,42-/m1/s1. The van der Waals surface area contributed by atoms with Crippen LogP contribution in [0.15, 0.2) is 43.0 Å². The summed E-state index contributed by atoms with van der Waals surface area (Å²) in [6, 6.07) is 10.8. The maximum absolute atomic E-state index is 12.1. The molecule has 4 heterocycles. The van der Waals surface area contributed by atoms with Crippen molar-refractivity contribution in [3.63, 3.8) is 0 Å². The molecule has 3 N–H and O–H groups in total. The molecule has 0 radical (unpaired) electrons. The Kier molecular flexibility index (Phi) is 8.42. The summed E-state index contributed by atoms with van der Waals surface area (Å²) in [6.45, 7) is 13.6. The molecule has 5 heteroatoms. The number of aliphatic hydroxyl groups excluding tert-OH is 3. The maximum atomic E-state index is 12.1. The number of aryl methyl sites for hydroxylation is 1. The smallest absolute Gasteiger partial charge is 0.0952 e. The highest BCUT2D eigenvalue weighted by atomic mass is 16.3. The van der Waals surface area contributed by atoms with E-state index in [2.05, 4.69) is 68.7 Å². The minimum Gasteiger partial charge on any atom is -0.393 e. The molecule has 9 rings (SSSR count). The Morgan fingerprint density at radius 3 is 2.64 bits per heavy atom. The number of hydrogen-bond acceptors (Lipinski definition) is 5. The van der Waals surface area contributed by atoms with Crippen molar-refractivity contribution < 1.29 is 15.3 Å². The number of aromatic nitrogens is 1. The van der Waals surface area contributed by atoms with Crippen LogP contribution in [0.1, 0.15) is 109 Å². The van der Waals surface area contributed by atoms with E-state index in [9.17, 15) is 15.3 Å². The number of aliphatic hydroxyl groups is 3. The molecule has 0 amide bonds. The second kappa shape index (κ2) is 12.2. The third kappa shape index (κ3) is 5.19. The van der Waals surface area contributed by atoms with Crippen molar-refractivity contribution in [2.75, 3.05) is 13.1 Å². The molecular formula is C42H60N2O3. The van der Waals surface area contributed by atoms with Crippen LogP contribution in [0.2, 0.25) is 0 Å². The van der Waals surface area contributed by atoms with Crippen LogP contribution >= 0.6 is 0 Å². The van der Waals surface area contributed by atoms with E-state index in [1.807, 2.05) is 0 Å². The third-order valence-electron chi connectivity index (χ3n) is 16.0. The van der Waals surface area contributed by atoms with Crippen molar-refractivity contribution in [2.45, 2.75) is 122 Å². The second-order valence-corrected chi connectivity index (χ2v) is 17.8. The predicted octanol–water partition coefficient (Wildman–Crippen LogP) is 7.72. The summed E-state index contributed by atoms with van der Waals surface area (Å²) in [5, 5.41) is 35.5. The Morgan fingerprint density at radius 1 is 1.02 bits per heavy atom. The van der Waals surface area contributed by atoms with Gasteiger partial charge in [0.2, 0.25) is 0 Å². The predicted molar refractivity (Wildman–Crippen MR) is 189 cm³/mol. The van der Waals surface area contributed by atoms with E-state index in [-0.39, 0.29) is 29.1 Å². The number of fused-ring (bicyclic) bond motifs is 9. The van der Waals surface area contributed by atoms with E-state index in [1.54, 1.807) is 0 Å². The molecule has 2 bridgehead atoms. The van der Waals surface area contributed by atoms with Crippen LogP contribution in [-0.2, 0) is 6.42 Å². The Labute approximate surface area is 283 Å². The number of benzene rings is 1. The van der Waals surface area contributed by atoms with Crippen molar-refractivity contribution in [1.29, 1.82) is 0 Å². The summed E-state index contributed by atoms with van der Waals surface area (Å²) in [5.74, 6) is 4.74. The summed E-state index contributed by atoms with van der Waals surface area (Å²) in [7, 11) is 0. The van der Waals surface area contributed by atoms with E-state index >= 15 is 0 Å². The van der Waals surface area contributed by atoms with Gasteiger partial charge in [0.05, 0.1) is 23.8 Å². The van der Waals surface area contributed by atoms with E-state index in [0.717, 1.165) is 86.1 Å². The Morgan fingerprint density at radius 2 is 1.85 bits per heavy atom. The van der Waals surface area contributed by atoms with Crippen LogP contribution in [0.3, 0.4) is 0 Å².